The number of aryl methyl sites for hydroxylation is 1. The minimum atomic E-state index is -3.48. The van der Waals surface area contributed by atoms with E-state index in [1.165, 1.54) is 4.31 Å². The molecule has 0 fully saturated rings. The zero-order valence-corrected chi connectivity index (χ0v) is 12.2. The Labute approximate surface area is 111 Å². The molecule has 98 valence electrons. The molecule has 2 rings (SSSR count). The highest BCUT2D eigenvalue weighted by atomic mass is 32.2. The Kier molecular flexibility index (Phi) is 3.65. The molecule has 0 radical (unpaired) electrons. The molecule has 0 aliphatic heterocycles. The molecule has 2 aromatic rings. The molecular formula is C11H15N3O2S2. The molecule has 0 amide bonds. The summed E-state index contributed by atoms with van der Waals surface area (Å²) in [4.78, 5) is 0.251. The van der Waals surface area contributed by atoms with Crippen LogP contribution in [-0.2, 0) is 10.0 Å². The van der Waals surface area contributed by atoms with Gasteiger partial charge in [0.1, 0.15) is 15.9 Å². The van der Waals surface area contributed by atoms with E-state index in [1.807, 2.05) is 20.8 Å². The summed E-state index contributed by atoms with van der Waals surface area (Å²) in [5.41, 5.74) is 2.09. The van der Waals surface area contributed by atoms with E-state index >= 15 is 0 Å². The first-order valence-corrected chi connectivity index (χ1v) is 7.91. The summed E-state index contributed by atoms with van der Waals surface area (Å²) in [7, 11) is -3.48. The third kappa shape index (κ3) is 2.02. The van der Waals surface area contributed by atoms with Crippen LogP contribution >= 0.6 is 11.7 Å². The van der Waals surface area contributed by atoms with E-state index in [0.717, 1.165) is 17.3 Å². The predicted octanol–water partition coefficient (Wildman–Crippen LogP) is 2.03. The SMILES string of the molecule is CCN(CC)S(=O)(=O)c1ccc(C)c2nsnc12. The third-order valence-corrected chi connectivity index (χ3v) is 5.51. The van der Waals surface area contributed by atoms with Crippen molar-refractivity contribution in [3.63, 3.8) is 0 Å². The average Bonchev–Trinajstić information content (AvgIpc) is 2.80. The van der Waals surface area contributed by atoms with Crippen LogP contribution in [0.4, 0.5) is 0 Å². The number of rotatable bonds is 4. The summed E-state index contributed by atoms with van der Waals surface area (Å²) in [6.45, 7) is 6.45. The average molecular weight is 285 g/mol. The van der Waals surface area contributed by atoms with Gasteiger partial charge in [0, 0.05) is 13.1 Å². The first kappa shape index (κ1) is 13.4. The molecule has 0 spiro atoms. The molecule has 18 heavy (non-hydrogen) atoms. The van der Waals surface area contributed by atoms with Crippen molar-refractivity contribution in [2.24, 2.45) is 0 Å². The van der Waals surface area contributed by atoms with Crippen LogP contribution in [0.1, 0.15) is 19.4 Å². The lowest BCUT2D eigenvalue weighted by atomic mass is 10.2. The monoisotopic (exact) mass is 285 g/mol. The first-order valence-electron chi connectivity index (χ1n) is 5.74. The first-order chi connectivity index (χ1) is 8.52. The Hall–Kier alpha value is -1.05. The predicted molar refractivity (Wildman–Crippen MR) is 72.3 cm³/mol. The summed E-state index contributed by atoms with van der Waals surface area (Å²) >= 11 is 1.04. The normalized spacial score (nSPS) is 12.4. The van der Waals surface area contributed by atoms with Crippen LogP contribution in [0.15, 0.2) is 17.0 Å². The highest BCUT2D eigenvalue weighted by molar-refractivity contribution is 7.89. The van der Waals surface area contributed by atoms with Crippen molar-refractivity contribution in [2.75, 3.05) is 13.1 Å². The lowest BCUT2D eigenvalue weighted by Gasteiger charge is -2.18. The second kappa shape index (κ2) is 4.91. The molecule has 0 aliphatic rings. The van der Waals surface area contributed by atoms with E-state index in [-0.39, 0.29) is 4.90 Å². The maximum atomic E-state index is 12.5. The molecule has 0 atom stereocenters. The van der Waals surface area contributed by atoms with Gasteiger partial charge in [-0.1, -0.05) is 19.9 Å². The summed E-state index contributed by atoms with van der Waals surface area (Å²) in [6.07, 6.45) is 0. The van der Waals surface area contributed by atoms with Crippen LogP contribution in [0, 0.1) is 6.92 Å². The minimum absolute atomic E-state index is 0.251. The maximum Gasteiger partial charge on any atom is 0.245 e. The summed E-state index contributed by atoms with van der Waals surface area (Å²) in [6, 6.07) is 3.40. The highest BCUT2D eigenvalue weighted by Crippen LogP contribution is 2.26. The summed E-state index contributed by atoms with van der Waals surface area (Å²) < 4.78 is 34.7. The van der Waals surface area contributed by atoms with Crippen molar-refractivity contribution in [1.29, 1.82) is 0 Å². The van der Waals surface area contributed by atoms with Crippen LogP contribution in [0.5, 0.6) is 0 Å². The second-order valence-electron chi connectivity index (χ2n) is 3.93. The number of aromatic nitrogens is 2. The quantitative estimate of drug-likeness (QED) is 0.862. The smallest absolute Gasteiger partial charge is 0.207 e. The van der Waals surface area contributed by atoms with Crippen LogP contribution in [-0.4, -0.2) is 34.6 Å². The van der Waals surface area contributed by atoms with Gasteiger partial charge >= 0.3 is 0 Å². The zero-order valence-electron chi connectivity index (χ0n) is 10.5. The molecule has 7 heteroatoms. The third-order valence-electron chi connectivity index (χ3n) is 2.90. The number of sulfonamides is 1. The van der Waals surface area contributed by atoms with E-state index in [0.29, 0.717) is 24.1 Å². The molecule has 1 heterocycles. The summed E-state index contributed by atoms with van der Waals surface area (Å²) in [5, 5.41) is 0. The molecule has 1 aromatic heterocycles. The Bertz CT molecular complexity index is 660. The molecular weight excluding hydrogens is 270 g/mol. The van der Waals surface area contributed by atoms with Gasteiger partial charge in [-0.3, -0.25) is 0 Å². The summed E-state index contributed by atoms with van der Waals surface area (Å²) in [5.74, 6) is 0. The second-order valence-corrected chi connectivity index (χ2v) is 6.37. The fourth-order valence-electron chi connectivity index (χ4n) is 1.88. The number of hydrogen-bond acceptors (Lipinski definition) is 5. The van der Waals surface area contributed by atoms with Crippen LogP contribution in [0.3, 0.4) is 0 Å². The molecule has 5 nitrogen and oxygen atoms in total. The van der Waals surface area contributed by atoms with Gasteiger partial charge in [-0.15, -0.1) is 0 Å². The van der Waals surface area contributed by atoms with E-state index in [4.69, 9.17) is 0 Å². The van der Waals surface area contributed by atoms with Gasteiger partial charge in [0.05, 0.1) is 11.7 Å². The topological polar surface area (TPSA) is 63.2 Å². The van der Waals surface area contributed by atoms with Gasteiger partial charge in [-0.25, -0.2) is 8.42 Å². The van der Waals surface area contributed by atoms with Gasteiger partial charge in [0.2, 0.25) is 10.0 Å². The van der Waals surface area contributed by atoms with Crippen LogP contribution < -0.4 is 0 Å². The Balaban J connectivity index is 2.68. The number of nitrogens with zero attached hydrogens (tertiary/aromatic N) is 3. The van der Waals surface area contributed by atoms with Gasteiger partial charge in [-0.05, 0) is 18.6 Å². The van der Waals surface area contributed by atoms with E-state index in [1.54, 1.807) is 12.1 Å². The standard InChI is InChI=1S/C11H15N3O2S2/c1-4-14(5-2)18(15,16)9-7-6-8(3)10-11(9)13-17-12-10/h6-7H,4-5H2,1-3H3. The largest absolute Gasteiger partial charge is 0.245 e. The Morgan fingerprint density at radius 2 is 1.78 bits per heavy atom. The van der Waals surface area contributed by atoms with Crippen molar-refractivity contribution in [3.05, 3.63) is 17.7 Å². The van der Waals surface area contributed by atoms with E-state index in [2.05, 4.69) is 8.75 Å². The molecule has 0 saturated heterocycles. The van der Waals surface area contributed by atoms with Crippen molar-refractivity contribution in [3.8, 4) is 0 Å². The lowest BCUT2D eigenvalue weighted by Crippen LogP contribution is -2.30. The molecule has 0 saturated carbocycles. The van der Waals surface area contributed by atoms with Crippen molar-refractivity contribution in [2.45, 2.75) is 25.7 Å². The molecule has 1 aromatic carbocycles. The zero-order chi connectivity index (χ0) is 13.3. The van der Waals surface area contributed by atoms with Gasteiger partial charge in [-0.2, -0.15) is 13.1 Å². The Morgan fingerprint density at radius 3 is 2.39 bits per heavy atom. The molecule has 0 bridgehead atoms. The minimum Gasteiger partial charge on any atom is -0.207 e. The van der Waals surface area contributed by atoms with Crippen molar-refractivity contribution in [1.82, 2.24) is 13.1 Å². The van der Waals surface area contributed by atoms with Gasteiger partial charge in [0.25, 0.3) is 0 Å². The number of hydrogen-bond donors (Lipinski definition) is 0. The van der Waals surface area contributed by atoms with Crippen LogP contribution in [0.2, 0.25) is 0 Å². The highest BCUT2D eigenvalue weighted by Gasteiger charge is 2.25. The maximum absolute atomic E-state index is 12.5. The Morgan fingerprint density at radius 1 is 1.17 bits per heavy atom. The van der Waals surface area contributed by atoms with Crippen LogP contribution in [0.25, 0.3) is 11.0 Å². The number of benzene rings is 1. The lowest BCUT2D eigenvalue weighted by molar-refractivity contribution is 0.446. The number of fused-ring (bicyclic) bond motifs is 1. The fourth-order valence-corrected chi connectivity index (χ4v) is 4.14. The van der Waals surface area contributed by atoms with Gasteiger partial charge in [0.15, 0.2) is 0 Å². The van der Waals surface area contributed by atoms with Crippen molar-refractivity contribution >= 4 is 32.8 Å². The molecule has 0 N–H and O–H groups in total. The fraction of sp³-hybridized carbons (Fsp3) is 0.455. The van der Waals surface area contributed by atoms with Crippen molar-refractivity contribution < 1.29 is 8.42 Å². The molecule has 0 aliphatic carbocycles. The van der Waals surface area contributed by atoms with E-state index < -0.39 is 10.0 Å². The molecule has 0 unspecified atom stereocenters. The van der Waals surface area contributed by atoms with Gasteiger partial charge < -0.3 is 0 Å². The van der Waals surface area contributed by atoms with E-state index in [9.17, 15) is 8.42 Å².